The Labute approximate surface area is 205 Å². The number of rotatable bonds is 10. The van der Waals surface area contributed by atoms with Crippen molar-refractivity contribution >= 4 is 46.0 Å². The Morgan fingerprint density at radius 3 is 2.65 bits per heavy atom. The quantitative estimate of drug-likeness (QED) is 0.413. The SMILES string of the molecule is CCCC(NC(=O)CSc1nc2ccccc2n1CC)C(=O)Nc1cccc(N2CCCC2)c1. The van der Waals surface area contributed by atoms with E-state index in [0.717, 1.165) is 53.6 Å². The van der Waals surface area contributed by atoms with Gasteiger partial charge in [-0.1, -0.05) is 43.3 Å². The van der Waals surface area contributed by atoms with E-state index in [4.69, 9.17) is 0 Å². The highest BCUT2D eigenvalue weighted by Crippen LogP contribution is 2.25. The van der Waals surface area contributed by atoms with Crippen LogP contribution in [0.4, 0.5) is 11.4 Å². The molecule has 2 amide bonds. The third-order valence-electron chi connectivity index (χ3n) is 6.08. The minimum Gasteiger partial charge on any atom is -0.371 e. The summed E-state index contributed by atoms with van der Waals surface area (Å²) in [6, 6.07) is 15.4. The van der Waals surface area contributed by atoms with E-state index in [0.29, 0.717) is 6.42 Å². The van der Waals surface area contributed by atoms with Gasteiger partial charge >= 0.3 is 0 Å². The van der Waals surface area contributed by atoms with Gasteiger partial charge in [0, 0.05) is 31.0 Å². The Morgan fingerprint density at radius 1 is 1.09 bits per heavy atom. The molecule has 2 aromatic carbocycles. The number of carbonyl (C=O) groups excluding carboxylic acids is 2. The van der Waals surface area contributed by atoms with Crippen LogP contribution in [0.1, 0.15) is 39.5 Å². The van der Waals surface area contributed by atoms with E-state index >= 15 is 0 Å². The number of aryl methyl sites for hydroxylation is 1. The maximum Gasteiger partial charge on any atom is 0.246 e. The summed E-state index contributed by atoms with van der Waals surface area (Å²) in [5.74, 6) is -0.139. The molecule has 0 spiro atoms. The molecular weight excluding hydrogens is 446 g/mol. The van der Waals surface area contributed by atoms with Crippen molar-refractivity contribution < 1.29 is 9.59 Å². The van der Waals surface area contributed by atoms with Crippen molar-refractivity contribution in [2.45, 2.75) is 57.3 Å². The highest BCUT2D eigenvalue weighted by Gasteiger charge is 2.21. The summed E-state index contributed by atoms with van der Waals surface area (Å²) < 4.78 is 2.11. The first-order valence-corrected chi connectivity index (χ1v) is 13.1. The summed E-state index contributed by atoms with van der Waals surface area (Å²) in [5.41, 5.74) is 3.87. The van der Waals surface area contributed by atoms with Crippen molar-refractivity contribution in [3.8, 4) is 0 Å². The lowest BCUT2D eigenvalue weighted by Gasteiger charge is -2.20. The number of nitrogens with one attached hydrogen (secondary N) is 2. The fourth-order valence-electron chi connectivity index (χ4n) is 4.38. The van der Waals surface area contributed by atoms with Crippen LogP contribution in [0.3, 0.4) is 0 Å². The Morgan fingerprint density at radius 2 is 1.88 bits per heavy atom. The summed E-state index contributed by atoms with van der Waals surface area (Å²) in [6.45, 7) is 6.96. The number of thioether (sulfide) groups is 1. The number of hydrogen-bond acceptors (Lipinski definition) is 5. The second-order valence-electron chi connectivity index (χ2n) is 8.56. The molecule has 180 valence electrons. The molecule has 34 heavy (non-hydrogen) atoms. The van der Waals surface area contributed by atoms with E-state index in [2.05, 4.69) is 38.1 Å². The van der Waals surface area contributed by atoms with Gasteiger partial charge in [-0.2, -0.15) is 0 Å². The molecule has 8 heteroatoms. The lowest BCUT2D eigenvalue weighted by molar-refractivity contribution is -0.125. The van der Waals surface area contributed by atoms with Gasteiger partial charge in [0.1, 0.15) is 6.04 Å². The average molecular weight is 480 g/mol. The molecule has 4 rings (SSSR count). The van der Waals surface area contributed by atoms with Crippen molar-refractivity contribution in [3.05, 3.63) is 48.5 Å². The predicted molar refractivity (Wildman–Crippen MR) is 139 cm³/mol. The van der Waals surface area contributed by atoms with Crippen LogP contribution in [0.25, 0.3) is 11.0 Å². The summed E-state index contributed by atoms with van der Waals surface area (Å²) in [7, 11) is 0. The maximum absolute atomic E-state index is 13.0. The Balaban J connectivity index is 1.36. The first kappa shape index (κ1) is 24.1. The zero-order valence-electron chi connectivity index (χ0n) is 19.9. The van der Waals surface area contributed by atoms with E-state index in [1.54, 1.807) is 0 Å². The van der Waals surface area contributed by atoms with Crippen LogP contribution in [0.2, 0.25) is 0 Å². The Kier molecular flexibility index (Phi) is 8.11. The van der Waals surface area contributed by atoms with Gasteiger partial charge in [-0.05, 0) is 56.5 Å². The summed E-state index contributed by atoms with van der Waals surface area (Å²) in [5, 5.41) is 6.75. The van der Waals surface area contributed by atoms with Crippen LogP contribution in [-0.2, 0) is 16.1 Å². The average Bonchev–Trinajstić information content (AvgIpc) is 3.50. The molecule has 7 nitrogen and oxygen atoms in total. The summed E-state index contributed by atoms with van der Waals surface area (Å²) in [4.78, 5) is 32.7. The highest BCUT2D eigenvalue weighted by atomic mass is 32.2. The lowest BCUT2D eigenvalue weighted by atomic mass is 10.1. The van der Waals surface area contributed by atoms with E-state index in [1.807, 2.05) is 49.4 Å². The van der Waals surface area contributed by atoms with Gasteiger partial charge in [0.15, 0.2) is 5.16 Å². The Hall–Kier alpha value is -3.00. The molecule has 2 heterocycles. The van der Waals surface area contributed by atoms with Crippen LogP contribution >= 0.6 is 11.8 Å². The van der Waals surface area contributed by atoms with Crippen molar-refractivity contribution in [1.82, 2.24) is 14.9 Å². The third kappa shape index (κ3) is 5.73. The van der Waals surface area contributed by atoms with Crippen molar-refractivity contribution in [3.63, 3.8) is 0 Å². The van der Waals surface area contributed by atoms with Crippen LogP contribution < -0.4 is 15.5 Å². The van der Waals surface area contributed by atoms with Gasteiger partial charge in [-0.3, -0.25) is 9.59 Å². The van der Waals surface area contributed by atoms with Crippen molar-refractivity contribution in [2.75, 3.05) is 29.1 Å². The molecule has 1 atom stereocenters. The number of benzene rings is 2. The van der Waals surface area contributed by atoms with E-state index in [9.17, 15) is 9.59 Å². The predicted octanol–water partition coefficient (Wildman–Crippen LogP) is 4.67. The van der Waals surface area contributed by atoms with E-state index in [-0.39, 0.29) is 17.6 Å². The molecule has 1 aliphatic heterocycles. The number of anilines is 2. The molecule has 1 fully saturated rings. The number of carbonyl (C=O) groups is 2. The second kappa shape index (κ2) is 11.4. The summed E-state index contributed by atoms with van der Waals surface area (Å²) >= 11 is 1.40. The minimum atomic E-state index is -0.571. The number of nitrogens with zero attached hydrogens (tertiary/aromatic N) is 3. The fourth-order valence-corrected chi connectivity index (χ4v) is 5.27. The number of amides is 2. The third-order valence-corrected chi connectivity index (χ3v) is 7.06. The first-order valence-electron chi connectivity index (χ1n) is 12.1. The zero-order valence-corrected chi connectivity index (χ0v) is 20.7. The number of para-hydroxylation sites is 2. The number of hydrogen-bond donors (Lipinski definition) is 2. The number of imidazole rings is 1. The van der Waals surface area contributed by atoms with Crippen LogP contribution in [0, 0.1) is 0 Å². The largest absolute Gasteiger partial charge is 0.371 e. The smallest absolute Gasteiger partial charge is 0.246 e. The van der Waals surface area contributed by atoms with Crippen molar-refractivity contribution in [2.24, 2.45) is 0 Å². The number of aromatic nitrogens is 2. The minimum absolute atomic E-state index is 0.167. The molecule has 0 saturated carbocycles. The molecule has 0 aliphatic carbocycles. The highest BCUT2D eigenvalue weighted by molar-refractivity contribution is 7.99. The second-order valence-corrected chi connectivity index (χ2v) is 9.50. The molecule has 0 bridgehead atoms. The molecule has 0 radical (unpaired) electrons. The van der Waals surface area contributed by atoms with Gasteiger partial charge in [0.05, 0.1) is 16.8 Å². The molecule has 1 aliphatic rings. The molecule has 1 unspecified atom stereocenters. The van der Waals surface area contributed by atoms with Crippen LogP contribution in [0.5, 0.6) is 0 Å². The van der Waals surface area contributed by atoms with Gasteiger partial charge < -0.3 is 20.1 Å². The first-order chi connectivity index (χ1) is 16.6. The van der Waals surface area contributed by atoms with Crippen LogP contribution in [0.15, 0.2) is 53.7 Å². The van der Waals surface area contributed by atoms with Crippen LogP contribution in [-0.4, -0.2) is 46.2 Å². The van der Waals surface area contributed by atoms with E-state index < -0.39 is 6.04 Å². The maximum atomic E-state index is 13.0. The van der Waals surface area contributed by atoms with Crippen molar-refractivity contribution in [1.29, 1.82) is 0 Å². The molecule has 1 aromatic heterocycles. The molecule has 3 aromatic rings. The zero-order chi connectivity index (χ0) is 23.9. The topological polar surface area (TPSA) is 79.3 Å². The van der Waals surface area contributed by atoms with Gasteiger partial charge in [0.25, 0.3) is 0 Å². The monoisotopic (exact) mass is 479 g/mol. The number of fused-ring (bicyclic) bond motifs is 1. The van der Waals surface area contributed by atoms with Gasteiger partial charge in [-0.25, -0.2) is 4.98 Å². The lowest BCUT2D eigenvalue weighted by Crippen LogP contribution is -2.44. The van der Waals surface area contributed by atoms with E-state index in [1.165, 1.54) is 24.6 Å². The Bertz CT molecular complexity index is 1140. The van der Waals surface area contributed by atoms with Gasteiger partial charge in [0.2, 0.25) is 11.8 Å². The molecule has 1 saturated heterocycles. The normalized spacial score (nSPS) is 14.4. The summed E-state index contributed by atoms with van der Waals surface area (Å²) in [6.07, 6.45) is 3.79. The standard InChI is InChI=1S/C26H33N5O2S/c1-3-10-22(25(33)27-19-11-9-12-20(17-19)30-15-7-8-16-30)28-24(32)18-34-26-29-21-13-5-6-14-23(21)31(26)4-2/h5-6,9,11-14,17,22H,3-4,7-8,10,15-16,18H2,1-2H3,(H,27,33)(H,28,32). The van der Waals surface area contributed by atoms with Gasteiger partial charge in [-0.15, -0.1) is 0 Å². The molecular formula is C26H33N5O2S. The fraction of sp³-hybridized carbons (Fsp3) is 0.423. The molecule has 2 N–H and O–H groups in total.